The average molecular weight is 211 g/mol. The zero-order valence-electron chi connectivity index (χ0n) is 8.06. The summed E-state index contributed by atoms with van der Waals surface area (Å²) in [5.74, 6) is 0.234. The van der Waals surface area contributed by atoms with Gasteiger partial charge in [-0.05, 0) is 24.5 Å². The average Bonchev–Trinajstić information content (AvgIpc) is 2.17. The maximum atomic E-state index is 11.4. The van der Waals surface area contributed by atoms with Crippen molar-refractivity contribution in [1.29, 1.82) is 0 Å². The number of nitrogens with zero attached hydrogens (tertiary/aromatic N) is 1. The van der Waals surface area contributed by atoms with Crippen LogP contribution in [0.3, 0.4) is 0 Å². The first kappa shape index (κ1) is 9.52. The third kappa shape index (κ3) is 1.50. The molecule has 0 aromatic heterocycles. The predicted octanol–water partition coefficient (Wildman–Crippen LogP) is 1.44. The first-order valence-corrected chi connectivity index (χ1v) is 6.13. The molecular formula is C10H13NO2S. The number of hydrogen-bond acceptors (Lipinski definition) is 2. The summed E-state index contributed by atoms with van der Waals surface area (Å²) < 4.78 is 13.2. The normalized spacial score (nSPS) is 17.6. The van der Waals surface area contributed by atoms with Crippen LogP contribution in [0.5, 0.6) is 5.75 Å². The van der Waals surface area contributed by atoms with Crippen LogP contribution in [0.2, 0.25) is 0 Å². The lowest BCUT2D eigenvalue weighted by molar-refractivity contribution is 0.473. The van der Waals surface area contributed by atoms with Gasteiger partial charge in [0.05, 0.1) is 5.69 Å². The van der Waals surface area contributed by atoms with Crippen molar-refractivity contribution in [2.24, 2.45) is 0 Å². The molecule has 1 aromatic rings. The number of para-hydroxylation sites is 1. The van der Waals surface area contributed by atoms with Crippen LogP contribution in [0.1, 0.15) is 12.0 Å². The molecule has 3 nitrogen and oxygen atoms in total. The van der Waals surface area contributed by atoms with E-state index in [2.05, 4.69) is 0 Å². The van der Waals surface area contributed by atoms with Gasteiger partial charge < -0.3 is 5.11 Å². The lowest BCUT2D eigenvalue weighted by atomic mass is 10.0. The molecule has 76 valence electrons. The predicted molar refractivity (Wildman–Crippen MR) is 57.8 cm³/mol. The van der Waals surface area contributed by atoms with E-state index in [0.717, 1.165) is 30.6 Å². The van der Waals surface area contributed by atoms with Crippen molar-refractivity contribution in [3.8, 4) is 5.75 Å². The van der Waals surface area contributed by atoms with E-state index < -0.39 is 11.0 Å². The zero-order chi connectivity index (χ0) is 10.1. The third-order valence-corrected chi connectivity index (χ3v) is 3.45. The molecule has 2 rings (SSSR count). The maximum Gasteiger partial charge on any atom is 0.140 e. The Labute approximate surface area is 85.9 Å². The fourth-order valence-corrected chi connectivity index (χ4v) is 2.70. The number of aromatic hydroxyl groups is 1. The van der Waals surface area contributed by atoms with Crippen LogP contribution in [0.15, 0.2) is 18.2 Å². The molecule has 0 aliphatic carbocycles. The molecule has 0 radical (unpaired) electrons. The second kappa shape index (κ2) is 3.61. The van der Waals surface area contributed by atoms with Gasteiger partial charge in [-0.15, -0.1) is 0 Å². The standard InChI is InChI=1S/C10H13NO2S/c1-14(13)11-7-3-5-8-4-2-6-9(12)10(8)11/h2,4,6,12H,3,5,7H2,1H3. The first-order chi connectivity index (χ1) is 6.70. The van der Waals surface area contributed by atoms with E-state index in [4.69, 9.17) is 0 Å². The molecule has 1 aliphatic rings. The molecule has 1 N–H and O–H groups in total. The van der Waals surface area contributed by atoms with Crippen LogP contribution in [0.4, 0.5) is 5.69 Å². The Kier molecular flexibility index (Phi) is 2.46. The molecule has 1 heterocycles. The van der Waals surface area contributed by atoms with E-state index in [1.807, 2.05) is 12.1 Å². The highest BCUT2D eigenvalue weighted by atomic mass is 32.2. The van der Waals surface area contributed by atoms with Crippen molar-refractivity contribution in [2.75, 3.05) is 17.1 Å². The van der Waals surface area contributed by atoms with Crippen molar-refractivity contribution < 1.29 is 9.32 Å². The molecule has 0 bridgehead atoms. The summed E-state index contributed by atoms with van der Waals surface area (Å²) in [4.78, 5) is 0. The Morgan fingerprint density at radius 1 is 1.50 bits per heavy atom. The highest BCUT2D eigenvalue weighted by Gasteiger charge is 2.21. The SMILES string of the molecule is CS(=O)N1CCCc2cccc(O)c21. The summed E-state index contributed by atoms with van der Waals surface area (Å²) >= 11 is 0. The van der Waals surface area contributed by atoms with Gasteiger partial charge in [-0.25, -0.2) is 4.21 Å². The Bertz CT molecular complexity index is 378. The summed E-state index contributed by atoms with van der Waals surface area (Å²) in [5, 5.41) is 9.70. The van der Waals surface area contributed by atoms with Gasteiger partial charge in [0.2, 0.25) is 0 Å². The second-order valence-electron chi connectivity index (χ2n) is 3.41. The van der Waals surface area contributed by atoms with E-state index in [-0.39, 0.29) is 5.75 Å². The fraction of sp³-hybridized carbons (Fsp3) is 0.400. The van der Waals surface area contributed by atoms with Gasteiger partial charge in [-0.1, -0.05) is 12.1 Å². The van der Waals surface area contributed by atoms with Gasteiger partial charge in [0.1, 0.15) is 16.7 Å². The number of hydrogen-bond donors (Lipinski definition) is 1. The molecule has 0 saturated heterocycles. The van der Waals surface area contributed by atoms with Crippen LogP contribution in [-0.4, -0.2) is 22.1 Å². The Balaban J connectivity index is 2.52. The van der Waals surface area contributed by atoms with Gasteiger partial charge in [0, 0.05) is 12.8 Å². The monoisotopic (exact) mass is 211 g/mol. The molecule has 0 spiro atoms. The summed E-state index contributed by atoms with van der Waals surface area (Å²) in [6.07, 6.45) is 3.59. The highest BCUT2D eigenvalue weighted by Crippen LogP contribution is 2.35. The molecule has 4 heteroatoms. The van der Waals surface area contributed by atoms with E-state index >= 15 is 0 Å². The Morgan fingerprint density at radius 2 is 2.29 bits per heavy atom. The first-order valence-electron chi connectivity index (χ1n) is 4.62. The lowest BCUT2D eigenvalue weighted by Crippen LogP contribution is -2.30. The number of phenolic OH excluding ortho intramolecular Hbond substituents is 1. The molecule has 0 amide bonds. The van der Waals surface area contributed by atoms with Crippen molar-refractivity contribution in [3.05, 3.63) is 23.8 Å². The summed E-state index contributed by atoms with van der Waals surface area (Å²) in [5.41, 5.74) is 1.84. The van der Waals surface area contributed by atoms with Gasteiger partial charge in [-0.2, -0.15) is 0 Å². The van der Waals surface area contributed by atoms with Gasteiger partial charge >= 0.3 is 0 Å². The maximum absolute atomic E-state index is 11.4. The molecule has 1 aliphatic heterocycles. The van der Waals surface area contributed by atoms with E-state index in [9.17, 15) is 9.32 Å². The van der Waals surface area contributed by atoms with E-state index in [1.165, 1.54) is 0 Å². The molecule has 0 fully saturated rings. The molecule has 1 atom stereocenters. The van der Waals surface area contributed by atoms with E-state index in [1.54, 1.807) is 16.6 Å². The zero-order valence-corrected chi connectivity index (χ0v) is 8.88. The van der Waals surface area contributed by atoms with Crippen LogP contribution in [0, 0.1) is 0 Å². The fourth-order valence-electron chi connectivity index (χ4n) is 1.85. The summed E-state index contributed by atoms with van der Waals surface area (Å²) in [7, 11) is -1.05. The Morgan fingerprint density at radius 3 is 3.00 bits per heavy atom. The number of fused-ring (bicyclic) bond motifs is 1. The van der Waals surface area contributed by atoms with Gasteiger partial charge in [0.25, 0.3) is 0 Å². The van der Waals surface area contributed by atoms with Crippen molar-refractivity contribution in [3.63, 3.8) is 0 Å². The molecule has 0 saturated carbocycles. The van der Waals surface area contributed by atoms with E-state index in [0.29, 0.717) is 0 Å². The number of rotatable bonds is 1. The number of benzene rings is 1. The quantitative estimate of drug-likeness (QED) is 0.763. The summed E-state index contributed by atoms with van der Waals surface area (Å²) in [6.45, 7) is 0.758. The van der Waals surface area contributed by atoms with Gasteiger partial charge in [-0.3, -0.25) is 4.31 Å². The highest BCUT2D eigenvalue weighted by molar-refractivity contribution is 7.85. The molecular weight excluding hydrogens is 198 g/mol. The molecule has 1 unspecified atom stereocenters. The van der Waals surface area contributed by atoms with Crippen molar-refractivity contribution >= 4 is 16.7 Å². The smallest absolute Gasteiger partial charge is 0.140 e. The lowest BCUT2D eigenvalue weighted by Gasteiger charge is -2.29. The van der Waals surface area contributed by atoms with Crippen LogP contribution in [0.25, 0.3) is 0 Å². The number of phenols is 1. The largest absolute Gasteiger partial charge is 0.506 e. The Hall–Kier alpha value is -1.03. The minimum Gasteiger partial charge on any atom is -0.506 e. The van der Waals surface area contributed by atoms with Gasteiger partial charge in [0.15, 0.2) is 0 Å². The minimum atomic E-state index is -1.05. The van der Waals surface area contributed by atoms with Crippen molar-refractivity contribution in [2.45, 2.75) is 12.8 Å². The topological polar surface area (TPSA) is 40.5 Å². The number of aryl methyl sites for hydroxylation is 1. The summed E-state index contributed by atoms with van der Waals surface area (Å²) in [6, 6.07) is 5.45. The van der Waals surface area contributed by atoms with Crippen LogP contribution >= 0.6 is 0 Å². The second-order valence-corrected chi connectivity index (χ2v) is 4.70. The molecule has 1 aromatic carbocycles. The minimum absolute atomic E-state index is 0.234. The van der Waals surface area contributed by atoms with Crippen LogP contribution in [-0.2, 0) is 17.4 Å². The van der Waals surface area contributed by atoms with Crippen LogP contribution < -0.4 is 4.31 Å². The molecule has 14 heavy (non-hydrogen) atoms. The number of anilines is 1. The third-order valence-electron chi connectivity index (χ3n) is 2.47. The van der Waals surface area contributed by atoms with Crippen molar-refractivity contribution in [1.82, 2.24) is 0 Å².